The Kier molecular flexibility index (Phi) is 3.44. The number of nitrogens with one attached hydrogen (secondary N) is 1. The first kappa shape index (κ1) is 13.7. The van der Waals surface area contributed by atoms with Gasteiger partial charge in [-0.05, 0) is 18.2 Å². The summed E-state index contributed by atoms with van der Waals surface area (Å²) in [5.74, 6) is 0. The van der Waals surface area contributed by atoms with Gasteiger partial charge >= 0.3 is 0 Å². The van der Waals surface area contributed by atoms with Gasteiger partial charge in [-0.2, -0.15) is 0 Å². The molecule has 0 saturated carbocycles. The normalized spacial score (nSPS) is 16.4. The lowest BCUT2D eigenvalue weighted by Gasteiger charge is -2.40. The third-order valence-corrected chi connectivity index (χ3v) is 3.75. The molecule has 2 N–H and O–H groups in total. The molecule has 110 valence electrons. The number of non-ortho nitro benzene ring substituents is 1. The van der Waals surface area contributed by atoms with Crippen molar-refractivity contribution in [3.05, 3.63) is 40.6 Å². The topological polar surface area (TPSA) is 97.5 Å². The molecule has 0 amide bonds. The molecular weight excluding hydrogens is 274 g/mol. The van der Waals surface area contributed by atoms with Gasteiger partial charge in [0.1, 0.15) is 5.52 Å². The van der Waals surface area contributed by atoms with Gasteiger partial charge in [-0.1, -0.05) is 0 Å². The average molecular weight is 289 g/mol. The summed E-state index contributed by atoms with van der Waals surface area (Å²) in [4.78, 5) is 14.9. The second-order valence-electron chi connectivity index (χ2n) is 5.29. The Balaban J connectivity index is 1.93. The number of nitro groups is 1. The number of nitrogens with zero attached hydrogens (tertiary/aromatic N) is 2. The summed E-state index contributed by atoms with van der Waals surface area (Å²) in [6, 6.07) is 6.47. The van der Waals surface area contributed by atoms with Crippen LogP contribution in [0, 0.1) is 15.5 Å². The molecule has 2 aromatic rings. The first-order valence-corrected chi connectivity index (χ1v) is 6.60. The molecule has 2 heterocycles. The minimum Gasteiger partial charge on any atom is -0.396 e. The molecule has 0 aliphatic carbocycles. The van der Waals surface area contributed by atoms with Gasteiger partial charge in [-0.3, -0.25) is 15.1 Å². The highest BCUT2D eigenvalue weighted by Crippen LogP contribution is 2.32. The van der Waals surface area contributed by atoms with Crippen molar-refractivity contribution in [3.63, 3.8) is 0 Å². The van der Waals surface area contributed by atoms with Crippen LogP contribution in [0.15, 0.2) is 30.5 Å². The monoisotopic (exact) mass is 289 g/mol. The molecule has 0 radical (unpaired) electrons. The number of hydrogen-bond acceptors (Lipinski definition) is 6. The van der Waals surface area contributed by atoms with Crippen LogP contribution in [0.3, 0.4) is 0 Å². The van der Waals surface area contributed by atoms with Crippen molar-refractivity contribution in [1.29, 1.82) is 0 Å². The fourth-order valence-corrected chi connectivity index (χ4v) is 2.38. The first-order chi connectivity index (χ1) is 10.2. The van der Waals surface area contributed by atoms with Crippen LogP contribution in [-0.4, -0.2) is 41.4 Å². The Morgan fingerprint density at radius 3 is 2.86 bits per heavy atom. The molecule has 7 nitrogen and oxygen atoms in total. The minimum atomic E-state index is -0.414. The fourth-order valence-electron chi connectivity index (χ4n) is 2.38. The van der Waals surface area contributed by atoms with E-state index in [1.165, 1.54) is 6.07 Å². The highest BCUT2D eigenvalue weighted by Gasteiger charge is 2.38. The van der Waals surface area contributed by atoms with Crippen LogP contribution in [-0.2, 0) is 4.74 Å². The maximum atomic E-state index is 11.1. The van der Waals surface area contributed by atoms with E-state index in [0.29, 0.717) is 30.7 Å². The third kappa shape index (κ3) is 2.41. The number of hydrogen-bond donors (Lipinski definition) is 2. The van der Waals surface area contributed by atoms with E-state index in [1.54, 1.807) is 24.4 Å². The van der Waals surface area contributed by atoms with Crippen molar-refractivity contribution in [1.82, 2.24) is 4.98 Å². The Morgan fingerprint density at radius 1 is 1.43 bits per heavy atom. The number of benzene rings is 1. The van der Waals surface area contributed by atoms with Gasteiger partial charge in [0.2, 0.25) is 0 Å². The number of pyridine rings is 1. The van der Waals surface area contributed by atoms with Gasteiger partial charge in [0.25, 0.3) is 5.69 Å². The quantitative estimate of drug-likeness (QED) is 0.640. The zero-order valence-electron chi connectivity index (χ0n) is 11.3. The van der Waals surface area contributed by atoms with E-state index >= 15 is 0 Å². The van der Waals surface area contributed by atoms with Crippen molar-refractivity contribution < 1.29 is 14.8 Å². The first-order valence-electron chi connectivity index (χ1n) is 6.60. The van der Waals surface area contributed by atoms with Crippen molar-refractivity contribution in [2.24, 2.45) is 5.41 Å². The lowest BCUT2D eigenvalue weighted by molar-refractivity contribution is -0.383. The number of fused-ring (bicyclic) bond motifs is 1. The minimum absolute atomic E-state index is 0.0347. The predicted octanol–water partition coefficient (Wildman–Crippen LogP) is 1.56. The lowest BCUT2D eigenvalue weighted by Crippen LogP contribution is -2.50. The zero-order valence-corrected chi connectivity index (χ0v) is 11.3. The smallest absolute Gasteiger partial charge is 0.278 e. The molecule has 1 aliphatic heterocycles. The summed E-state index contributed by atoms with van der Waals surface area (Å²) >= 11 is 0. The van der Waals surface area contributed by atoms with Crippen LogP contribution in [0.5, 0.6) is 0 Å². The van der Waals surface area contributed by atoms with E-state index in [9.17, 15) is 15.2 Å². The summed E-state index contributed by atoms with van der Waals surface area (Å²) in [6.45, 7) is 1.59. The Bertz CT molecular complexity index is 679. The van der Waals surface area contributed by atoms with E-state index in [2.05, 4.69) is 10.3 Å². The van der Waals surface area contributed by atoms with Crippen molar-refractivity contribution >= 4 is 22.3 Å². The molecular formula is C14H15N3O4. The van der Waals surface area contributed by atoms with Crippen LogP contribution in [0.4, 0.5) is 11.4 Å². The van der Waals surface area contributed by atoms with Crippen molar-refractivity contribution in [2.75, 3.05) is 31.7 Å². The van der Waals surface area contributed by atoms with E-state index in [0.717, 1.165) is 5.69 Å². The summed E-state index contributed by atoms with van der Waals surface area (Å²) in [6.07, 6.45) is 1.60. The van der Waals surface area contributed by atoms with Crippen LogP contribution >= 0.6 is 0 Å². The van der Waals surface area contributed by atoms with Gasteiger partial charge in [0, 0.05) is 18.8 Å². The Hall–Kier alpha value is -2.25. The SMILES string of the molecule is O=[N+]([O-])c1ccc(NCC2(CO)COC2)c2ncccc12. The van der Waals surface area contributed by atoms with Gasteiger partial charge in [-0.25, -0.2) is 0 Å². The summed E-state index contributed by atoms with van der Waals surface area (Å²) in [7, 11) is 0. The Morgan fingerprint density at radius 2 is 2.24 bits per heavy atom. The molecule has 1 aromatic carbocycles. The third-order valence-electron chi connectivity index (χ3n) is 3.75. The number of nitro benzene ring substituents is 1. The molecule has 3 rings (SSSR count). The number of aliphatic hydroxyl groups excluding tert-OH is 1. The molecule has 1 aromatic heterocycles. The molecule has 0 bridgehead atoms. The molecule has 21 heavy (non-hydrogen) atoms. The van der Waals surface area contributed by atoms with Crippen LogP contribution in [0.25, 0.3) is 10.9 Å². The van der Waals surface area contributed by atoms with Crippen molar-refractivity contribution in [2.45, 2.75) is 0 Å². The molecule has 1 saturated heterocycles. The van der Waals surface area contributed by atoms with E-state index < -0.39 is 4.92 Å². The number of aromatic nitrogens is 1. The Labute approximate surface area is 120 Å². The molecule has 0 unspecified atom stereocenters. The molecule has 7 heteroatoms. The van der Waals surface area contributed by atoms with Crippen molar-refractivity contribution in [3.8, 4) is 0 Å². The number of ether oxygens (including phenoxy) is 1. The van der Waals surface area contributed by atoms with Gasteiger partial charge in [0.05, 0.1) is 41.2 Å². The second kappa shape index (κ2) is 5.27. The molecule has 1 aliphatic rings. The summed E-state index contributed by atoms with van der Waals surface area (Å²) in [5.41, 5.74) is 1.03. The predicted molar refractivity (Wildman–Crippen MR) is 77.2 cm³/mol. The second-order valence-corrected chi connectivity index (χ2v) is 5.29. The van der Waals surface area contributed by atoms with Crippen LogP contribution < -0.4 is 5.32 Å². The van der Waals surface area contributed by atoms with E-state index in [1.807, 2.05) is 0 Å². The van der Waals surface area contributed by atoms with Gasteiger partial charge in [-0.15, -0.1) is 0 Å². The lowest BCUT2D eigenvalue weighted by atomic mass is 9.87. The highest BCUT2D eigenvalue weighted by atomic mass is 16.6. The number of rotatable bonds is 5. The fraction of sp³-hybridized carbons (Fsp3) is 0.357. The zero-order chi connectivity index (χ0) is 14.9. The van der Waals surface area contributed by atoms with Crippen LogP contribution in [0.2, 0.25) is 0 Å². The standard InChI is InChI=1S/C14H15N3O4/c18-7-14(8-21-9-14)6-16-11-3-4-12(17(19)20)10-2-1-5-15-13(10)11/h1-5,16,18H,6-9H2. The average Bonchev–Trinajstić information content (AvgIpc) is 2.46. The molecule has 0 spiro atoms. The maximum absolute atomic E-state index is 11.1. The highest BCUT2D eigenvalue weighted by molar-refractivity contribution is 5.96. The number of aliphatic hydroxyl groups is 1. The number of anilines is 1. The maximum Gasteiger partial charge on any atom is 0.278 e. The van der Waals surface area contributed by atoms with Crippen LogP contribution in [0.1, 0.15) is 0 Å². The molecule has 0 atom stereocenters. The summed E-state index contributed by atoms with van der Waals surface area (Å²) in [5, 5.41) is 24.2. The largest absolute Gasteiger partial charge is 0.396 e. The molecule has 1 fully saturated rings. The van der Waals surface area contributed by atoms with Gasteiger partial charge in [0.15, 0.2) is 0 Å². The van der Waals surface area contributed by atoms with E-state index in [4.69, 9.17) is 4.74 Å². The van der Waals surface area contributed by atoms with Gasteiger partial charge < -0.3 is 15.2 Å². The van der Waals surface area contributed by atoms with E-state index in [-0.39, 0.29) is 17.7 Å². The summed E-state index contributed by atoms with van der Waals surface area (Å²) < 4.78 is 5.15.